The highest BCUT2D eigenvalue weighted by atomic mass is 16.6. The third-order valence-electron chi connectivity index (χ3n) is 3.03. The molecule has 0 N–H and O–H groups in total. The van der Waals surface area contributed by atoms with E-state index >= 15 is 0 Å². The molecule has 0 aromatic heterocycles. The Kier molecular flexibility index (Phi) is 2.98. The fourth-order valence-corrected chi connectivity index (χ4v) is 2.51. The molecule has 0 aromatic rings. The number of cyclic esters (lactones) is 1. The normalized spacial score (nSPS) is 43.0. The highest BCUT2D eigenvalue weighted by Crippen LogP contribution is 2.23. The van der Waals surface area contributed by atoms with Gasteiger partial charge in [-0.2, -0.15) is 0 Å². The number of nitrogens with zero attached hydrogens (tertiary/aromatic N) is 1. The summed E-state index contributed by atoms with van der Waals surface area (Å²) in [4.78, 5) is 13.8. The van der Waals surface area contributed by atoms with E-state index in [1.165, 1.54) is 0 Å². The molecule has 4 heteroatoms. The summed E-state index contributed by atoms with van der Waals surface area (Å²) in [6, 6.07) is -0.0474. The van der Waals surface area contributed by atoms with E-state index in [1.807, 2.05) is 20.8 Å². The highest BCUT2D eigenvalue weighted by molar-refractivity contribution is 5.78. The van der Waals surface area contributed by atoms with Crippen LogP contribution in [0.15, 0.2) is 0 Å². The Balaban J connectivity index is 2.00. The van der Waals surface area contributed by atoms with Gasteiger partial charge in [-0.1, -0.05) is 0 Å². The van der Waals surface area contributed by atoms with E-state index in [4.69, 9.17) is 9.47 Å². The van der Waals surface area contributed by atoms with E-state index in [0.717, 1.165) is 19.5 Å². The molecule has 4 atom stereocenters. The van der Waals surface area contributed by atoms with Gasteiger partial charge in [-0.05, 0) is 20.8 Å². The largest absolute Gasteiger partial charge is 0.461 e. The summed E-state index contributed by atoms with van der Waals surface area (Å²) in [5, 5.41) is 0. The number of hydrogen-bond acceptors (Lipinski definition) is 4. The number of esters is 1. The molecule has 15 heavy (non-hydrogen) atoms. The molecule has 2 rings (SSSR count). The molecular weight excluding hydrogens is 194 g/mol. The Labute approximate surface area is 90.5 Å². The van der Waals surface area contributed by atoms with Crippen molar-refractivity contribution in [1.82, 2.24) is 4.90 Å². The van der Waals surface area contributed by atoms with Crippen molar-refractivity contribution in [2.75, 3.05) is 13.1 Å². The molecule has 0 aromatic carbocycles. The molecule has 0 aliphatic carbocycles. The van der Waals surface area contributed by atoms with Crippen molar-refractivity contribution in [2.45, 2.75) is 51.5 Å². The lowest BCUT2D eigenvalue weighted by Crippen LogP contribution is -2.51. The molecule has 4 unspecified atom stereocenters. The van der Waals surface area contributed by atoms with Crippen LogP contribution in [0.3, 0.4) is 0 Å². The second kappa shape index (κ2) is 4.10. The van der Waals surface area contributed by atoms with Crippen LogP contribution in [-0.2, 0) is 14.3 Å². The van der Waals surface area contributed by atoms with Gasteiger partial charge in [-0.3, -0.25) is 9.69 Å². The average molecular weight is 213 g/mol. The van der Waals surface area contributed by atoms with Gasteiger partial charge in [0, 0.05) is 19.5 Å². The third kappa shape index (κ3) is 2.32. The van der Waals surface area contributed by atoms with Gasteiger partial charge in [-0.15, -0.1) is 0 Å². The molecular formula is C11H19NO3. The number of carbonyl (C=O) groups is 1. The molecule has 2 fully saturated rings. The van der Waals surface area contributed by atoms with Crippen molar-refractivity contribution in [1.29, 1.82) is 0 Å². The monoisotopic (exact) mass is 213 g/mol. The van der Waals surface area contributed by atoms with Crippen LogP contribution >= 0.6 is 0 Å². The molecule has 2 saturated heterocycles. The second-order valence-electron chi connectivity index (χ2n) is 4.71. The summed E-state index contributed by atoms with van der Waals surface area (Å²) in [5.41, 5.74) is 0. The second-order valence-corrected chi connectivity index (χ2v) is 4.71. The first-order chi connectivity index (χ1) is 7.06. The zero-order valence-corrected chi connectivity index (χ0v) is 9.60. The number of ether oxygens (including phenoxy) is 2. The molecule has 4 nitrogen and oxygen atoms in total. The van der Waals surface area contributed by atoms with Crippen molar-refractivity contribution in [3.63, 3.8) is 0 Å². The molecule has 0 bridgehead atoms. The van der Waals surface area contributed by atoms with Crippen molar-refractivity contribution in [2.24, 2.45) is 0 Å². The van der Waals surface area contributed by atoms with E-state index < -0.39 is 0 Å². The maximum Gasteiger partial charge on any atom is 0.323 e. The molecule has 0 spiro atoms. The maximum absolute atomic E-state index is 11.6. The Morgan fingerprint density at radius 1 is 1.13 bits per heavy atom. The lowest BCUT2D eigenvalue weighted by molar-refractivity contribution is -0.148. The van der Waals surface area contributed by atoms with E-state index in [9.17, 15) is 4.79 Å². The zero-order chi connectivity index (χ0) is 11.0. The van der Waals surface area contributed by atoms with Crippen LogP contribution in [0.4, 0.5) is 0 Å². The van der Waals surface area contributed by atoms with Crippen LogP contribution in [-0.4, -0.2) is 48.3 Å². The van der Waals surface area contributed by atoms with Gasteiger partial charge >= 0.3 is 5.97 Å². The Morgan fingerprint density at radius 3 is 2.20 bits per heavy atom. The van der Waals surface area contributed by atoms with E-state index in [0.29, 0.717) is 0 Å². The summed E-state index contributed by atoms with van der Waals surface area (Å²) in [5.74, 6) is -0.0659. The van der Waals surface area contributed by atoms with Crippen molar-refractivity contribution < 1.29 is 14.3 Å². The average Bonchev–Trinajstić information content (AvgIpc) is 2.43. The van der Waals surface area contributed by atoms with Crippen LogP contribution in [0, 0.1) is 0 Å². The summed E-state index contributed by atoms with van der Waals surface area (Å²) in [6.45, 7) is 7.71. The quantitative estimate of drug-likeness (QED) is 0.604. The fraction of sp³-hybridized carbons (Fsp3) is 0.909. The SMILES string of the molecule is CC1CC(N2CC(C)OC(C)C2)C(=O)O1. The minimum absolute atomic E-state index is 0.0474. The summed E-state index contributed by atoms with van der Waals surface area (Å²) >= 11 is 0. The molecule has 86 valence electrons. The summed E-state index contributed by atoms with van der Waals surface area (Å²) < 4.78 is 10.8. The summed E-state index contributed by atoms with van der Waals surface area (Å²) in [7, 11) is 0. The number of hydrogen-bond donors (Lipinski definition) is 0. The Bertz CT molecular complexity index is 246. The molecule has 0 radical (unpaired) electrons. The standard InChI is InChI=1S/C11H19NO3/c1-7-4-10(11(13)15-7)12-5-8(2)14-9(3)6-12/h7-10H,4-6H2,1-3H3. The first kappa shape index (κ1) is 10.9. The molecule has 2 aliphatic heterocycles. The molecule has 0 amide bonds. The topological polar surface area (TPSA) is 38.8 Å². The lowest BCUT2D eigenvalue weighted by atomic mass is 10.1. The molecule has 0 saturated carbocycles. The zero-order valence-electron chi connectivity index (χ0n) is 9.60. The summed E-state index contributed by atoms with van der Waals surface area (Å²) in [6.07, 6.45) is 1.30. The van der Waals surface area contributed by atoms with E-state index in [-0.39, 0.29) is 30.3 Å². The van der Waals surface area contributed by atoms with Gasteiger partial charge in [-0.25, -0.2) is 0 Å². The molecule has 2 aliphatic rings. The van der Waals surface area contributed by atoms with Crippen molar-refractivity contribution in [3.8, 4) is 0 Å². The number of rotatable bonds is 1. The van der Waals surface area contributed by atoms with Crippen molar-refractivity contribution >= 4 is 5.97 Å². The van der Waals surface area contributed by atoms with Gasteiger partial charge in [0.25, 0.3) is 0 Å². The van der Waals surface area contributed by atoms with E-state index in [1.54, 1.807) is 0 Å². The van der Waals surface area contributed by atoms with Crippen LogP contribution < -0.4 is 0 Å². The minimum atomic E-state index is -0.0659. The first-order valence-corrected chi connectivity index (χ1v) is 5.66. The van der Waals surface area contributed by atoms with Crippen LogP contribution in [0.25, 0.3) is 0 Å². The van der Waals surface area contributed by atoms with E-state index in [2.05, 4.69) is 4.90 Å². The number of carbonyl (C=O) groups excluding carboxylic acids is 1. The van der Waals surface area contributed by atoms with Crippen molar-refractivity contribution in [3.05, 3.63) is 0 Å². The minimum Gasteiger partial charge on any atom is -0.461 e. The Morgan fingerprint density at radius 2 is 1.73 bits per heavy atom. The van der Waals surface area contributed by atoms with Gasteiger partial charge in [0.1, 0.15) is 12.1 Å². The third-order valence-corrected chi connectivity index (χ3v) is 3.03. The van der Waals surface area contributed by atoms with Gasteiger partial charge in [0.2, 0.25) is 0 Å². The predicted octanol–water partition coefficient (Wildman–Crippen LogP) is 0.800. The number of morpholine rings is 1. The van der Waals surface area contributed by atoms with Gasteiger partial charge in [0.05, 0.1) is 12.2 Å². The highest BCUT2D eigenvalue weighted by Gasteiger charge is 2.39. The molecule has 2 heterocycles. The lowest BCUT2D eigenvalue weighted by Gasteiger charge is -2.37. The maximum atomic E-state index is 11.6. The fourth-order valence-electron chi connectivity index (χ4n) is 2.51. The van der Waals surface area contributed by atoms with Gasteiger partial charge < -0.3 is 9.47 Å². The van der Waals surface area contributed by atoms with Gasteiger partial charge in [0.15, 0.2) is 0 Å². The van der Waals surface area contributed by atoms with Crippen LogP contribution in [0.2, 0.25) is 0 Å². The Hall–Kier alpha value is -0.610. The van der Waals surface area contributed by atoms with Crippen LogP contribution in [0.1, 0.15) is 27.2 Å². The first-order valence-electron chi connectivity index (χ1n) is 5.66. The predicted molar refractivity (Wildman–Crippen MR) is 55.5 cm³/mol. The smallest absolute Gasteiger partial charge is 0.323 e. The van der Waals surface area contributed by atoms with Crippen LogP contribution in [0.5, 0.6) is 0 Å².